The van der Waals surface area contributed by atoms with Crippen LogP contribution in [-0.4, -0.2) is 35.1 Å². The molecule has 0 aliphatic carbocycles. The minimum atomic E-state index is -1.06. The van der Waals surface area contributed by atoms with E-state index in [4.69, 9.17) is 10.4 Å². The number of nitriles is 1. The number of hydrogen-bond donors (Lipinski definition) is 2. The highest BCUT2D eigenvalue weighted by Gasteiger charge is 2.24. The minimum Gasteiger partial charge on any atom is -0.480 e. The monoisotopic (exact) mass is 261 g/mol. The SMILES string of the molecule is CCC(C(=O)O)N(C)C(=O)Nc1ccccc1C#N. The topological polar surface area (TPSA) is 93.4 Å². The number of amides is 2. The number of hydrogen-bond acceptors (Lipinski definition) is 3. The number of carboxylic acid groups (broad SMARTS) is 1. The number of carbonyl (C=O) groups excluding carboxylic acids is 1. The molecule has 6 heteroatoms. The largest absolute Gasteiger partial charge is 0.480 e. The van der Waals surface area contributed by atoms with Crippen LogP contribution in [0.1, 0.15) is 18.9 Å². The van der Waals surface area contributed by atoms with Crippen molar-refractivity contribution in [3.63, 3.8) is 0 Å². The zero-order valence-electron chi connectivity index (χ0n) is 10.8. The van der Waals surface area contributed by atoms with Gasteiger partial charge in [0.2, 0.25) is 0 Å². The van der Waals surface area contributed by atoms with Crippen molar-refractivity contribution in [1.82, 2.24) is 4.90 Å². The zero-order valence-corrected chi connectivity index (χ0v) is 10.8. The quantitative estimate of drug-likeness (QED) is 0.865. The molecule has 6 nitrogen and oxygen atoms in total. The van der Waals surface area contributed by atoms with Crippen molar-refractivity contribution in [2.75, 3.05) is 12.4 Å². The molecular formula is C13H15N3O3. The van der Waals surface area contributed by atoms with E-state index < -0.39 is 18.0 Å². The number of rotatable bonds is 4. The van der Waals surface area contributed by atoms with Gasteiger partial charge in [-0.3, -0.25) is 0 Å². The van der Waals surface area contributed by atoms with Crippen LogP contribution in [0, 0.1) is 11.3 Å². The van der Waals surface area contributed by atoms with Crippen LogP contribution >= 0.6 is 0 Å². The van der Waals surface area contributed by atoms with Gasteiger partial charge in [0.1, 0.15) is 12.1 Å². The molecule has 1 aromatic carbocycles. The third-order valence-corrected chi connectivity index (χ3v) is 2.75. The summed E-state index contributed by atoms with van der Waals surface area (Å²) in [7, 11) is 1.41. The summed E-state index contributed by atoms with van der Waals surface area (Å²) in [6.45, 7) is 1.69. The molecule has 0 bridgehead atoms. The number of nitrogens with one attached hydrogen (secondary N) is 1. The maximum atomic E-state index is 11.9. The van der Waals surface area contributed by atoms with Crippen molar-refractivity contribution in [3.05, 3.63) is 29.8 Å². The Morgan fingerprint density at radius 3 is 2.63 bits per heavy atom. The maximum Gasteiger partial charge on any atom is 0.326 e. The summed E-state index contributed by atoms with van der Waals surface area (Å²) in [6.07, 6.45) is 0.305. The number of urea groups is 1. The van der Waals surface area contributed by atoms with Gasteiger partial charge in [0, 0.05) is 7.05 Å². The van der Waals surface area contributed by atoms with E-state index in [2.05, 4.69) is 5.32 Å². The second-order valence-electron chi connectivity index (χ2n) is 3.96. The van der Waals surface area contributed by atoms with Gasteiger partial charge in [0.25, 0.3) is 0 Å². The Labute approximate surface area is 111 Å². The lowest BCUT2D eigenvalue weighted by Crippen LogP contribution is -2.44. The first-order valence-electron chi connectivity index (χ1n) is 5.77. The molecule has 0 aliphatic heterocycles. The Kier molecular flexibility index (Phi) is 4.89. The van der Waals surface area contributed by atoms with Gasteiger partial charge in [-0.15, -0.1) is 0 Å². The van der Waals surface area contributed by atoms with Gasteiger partial charge in [-0.1, -0.05) is 19.1 Å². The number of carboxylic acids is 1. The van der Waals surface area contributed by atoms with E-state index in [1.54, 1.807) is 31.2 Å². The molecule has 2 amide bonds. The first kappa shape index (κ1) is 14.5. The van der Waals surface area contributed by atoms with E-state index in [-0.39, 0.29) is 0 Å². The number of aliphatic carboxylic acids is 1. The van der Waals surface area contributed by atoms with Crippen molar-refractivity contribution >= 4 is 17.7 Å². The molecule has 0 radical (unpaired) electrons. The number of carbonyl (C=O) groups is 2. The molecule has 0 heterocycles. The average Bonchev–Trinajstić information content (AvgIpc) is 2.39. The van der Waals surface area contributed by atoms with E-state index in [1.807, 2.05) is 6.07 Å². The van der Waals surface area contributed by atoms with Crippen molar-refractivity contribution in [2.24, 2.45) is 0 Å². The first-order chi connectivity index (χ1) is 9.01. The summed E-state index contributed by atoms with van der Waals surface area (Å²) in [5.41, 5.74) is 0.690. The predicted molar refractivity (Wildman–Crippen MR) is 69.7 cm³/mol. The van der Waals surface area contributed by atoms with Crippen molar-refractivity contribution in [2.45, 2.75) is 19.4 Å². The first-order valence-corrected chi connectivity index (χ1v) is 5.77. The van der Waals surface area contributed by atoms with E-state index in [0.29, 0.717) is 17.7 Å². The molecule has 100 valence electrons. The number of nitrogens with zero attached hydrogens (tertiary/aromatic N) is 2. The summed E-state index contributed by atoms with van der Waals surface area (Å²) in [6, 6.07) is 7.04. The third-order valence-electron chi connectivity index (χ3n) is 2.75. The Morgan fingerprint density at radius 1 is 1.47 bits per heavy atom. The molecule has 0 saturated carbocycles. The Balaban J connectivity index is 2.85. The van der Waals surface area contributed by atoms with Crippen molar-refractivity contribution < 1.29 is 14.7 Å². The molecule has 1 unspecified atom stereocenters. The van der Waals surface area contributed by atoms with E-state index in [9.17, 15) is 9.59 Å². The fourth-order valence-electron chi connectivity index (χ4n) is 1.65. The number of para-hydroxylation sites is 1. The van der Waals surface area contributed by atoms with Crippen LogP contribution in [0.4, 0.5) is 10.5 Å². The minimum absolute atomic E-state index is 0.305. The van der Waals surface area contributed by atoms with Gasteiger partial charge < -0.3 is 15.3 Å². The Hall–Kier alpha value is -2.55. The molecule has 1 aromatic rings. The number of anilines is 1. The van der Waals surface area contributed by atoms with Crippen LogP contribution in [0.3, 0.4) is 0 Å². The van der Waals surface area contributed by atoms with Gasteiger partial charge in [0.15, 0.2) is 0 Å². The van der Waals surface area contributed by atoms with Crippen LogP contribution in [0.15, 0.2) is 24.3 Å². The lowest BCUT2D eigenvalue weighted by Gasteiger charge is -2.24. The number of benzene rings is 1. The van der Waals surface area contributed by atoms with Gasteiger partial charge >= 0.3 is 12.0 Å². The van der Waals surface area contributed by atoms with Crippen LogP contribution in [0.5, 0.6) is 0 Å². The molecule has 1 rings (SSSR count). The summed E-state index contributed by atoms with van der Waals surface area (Å²) < 4.78 is 0. The third kappa shape index (κ3) is 3.45. The molecule has 2 N–H and O–H groups in total. The molecule has 0 saturated heterocycles. The summed E-state index contributed by atoms with van der Waals surface area (Å²) in [5.74, 6) is -1.06. The summed E-state index contributed by atoms with van der Waals surface area (Å²) >= 11 is 0. The molecule has 0 fully saturated rings. The Morgan fingerprint density at radius 2 is 2.11 bits per heavy atom. The van der Waals surface area contributed by atoms with Gasteiger partial charge in [0.05, 0.1) is 11.3 Å². The highest BCUT2D eigenvalue weighted by molar-refractivity contribution is 5.93. The molecule has 0 aromatic heterocycles. The van der Waals surface area contributed by atoms with Crippen LogP contribution < -0.4 is 5.32 Å². The molecular weight excluding hydrogens is 246 g/mol. The zero-order chi connectivity index (χ0) is 14.4. The van der Waals surface area contributed by atoms with Crippen LogP contribution in [0.25, 0.3) is 0 Å². The second-order valence-corrected chi connectivity index (χ2v) is 3.96. The summed E-state index contributed by atoms with van der Waals surface area (Å²) in [5, 5.41) is 20.4. The molecule has 0 aliphatic rings. The highest BCUT2D eigenvalue weighted by Crippen LogP contribution is 2.15. The molecule has 1 atom stereocenters. The summed E-state index contributed by atoms with van der Waals surface area (Å²) in [4.78, 5) is 24.0. The van der Waals surface area contributed by atoms with E-state index in [0.717, 1.165) is 4.90 Å². The number of likely N-dealkylation sites (N-methyl/N-ethyl adjacent to an activating group) is 1. The van der Waals surface area contributed by atoms with E-state index >= 15 is 0 Å². The second kappa shape index (κ2) is 6.40. The average molecular weight is 261 g/mol. The van der Waals surface area contributed by atoms with E-state index in [1.165, 1.54) is 7.05 Å². The van der Waals surface area contributed by atoms with Crippen molar-refractivity contribution in [3.8, 4) is 6.07 Å². The van der Waals surface area contributed by atoms with Gasteiger partial charge in [-0.25, -0.2) is 9.59 Å². The Bertz CT molecular complexity index is 522. The lowest BCUT2D eigenvalue weighted by molar-refractivity contribution is -0.141. The van der Waals surface area contributed by atoms with Crippen LogP contribution in [0.2, 0.25) is 0 Å². The molecule has 0 spiro atoms. The van der Waals surface area contributed by atoms with Crippen LogP contribution in [-0.2, 0) is 4.79 Å². The molecule has 19 heavy (non-hydrogen) atoms. The maximum absolute atomic E-state index is 11.9. The highest BCUT2D eigenvalue weighted by atomic mass is 16.4. The lowest BCUT2D eigenvalue weighted by atomic mass is 10.2. The standard InChI is InChI=1S/C13H15N3O3/c1-3-11(12(17)18)16(2)13(19)15-10-7-5-4-6-9(10)8-14/h4-7,11H,3H2,1-2H3,(H,15,19)(H,17,18). The predicted octanol–water partition coefficient (Wildman–Crippen LogP) is 1.89. The fourth-order valence-corrected chi connectivity index (χ4v) is 1.65. The van der Waals surface area contributed by atoms with Gasteiger partial charge in [-0.05, 0) is 18.6 Å². The fraction of sp³-hybridized carbons (Fsp3) is 0.308. The van der Waals surface area contributed by atoms with Crippen molar-refractivity contribution in [1.29, 1.82) is 5.26 Å². The smallest absolute Gasteiger partial charge is 0.326 e. The normalized spacial score (nSPS) is 11.2. The van der Waals surface area contributed by atoms with Gasteiger partial charge in [-0.2, -0.15) is 5.26 Å².